The Bertz CT molecular complexity index is 1270. The van der Waals surface area contributed by atoms with Crippen molar-refractivity contribution in [3.63, 3.8) is 0 Å². The Morgan fingerprint density at radius 1 is 1.03 bits per heavy atom. The average Bonchev–Trinajstić information content (AvgIpc) is 3.23. The first-order chi connectivity index (χ1) is 14.9. The molecule has 31 heavy (non-hydrogen) atoms. The fraction of sp³-hybridized carbons (Fsp3) is 0.200. The minimum absolute atomic E-state index is 0.109. The summed E-state index contributed by atoms with van der Waals surface area (Å²) in [5, 5.41) is 4.82. The van der Waals surface area contributed by atoms with Crippen LogP contribution in [0.15, 0.2) is 70.1 Å². The summed E-state index contributed by atoms with van der Waals surface area (Å²) in [6, 6.07) is 17.9. The molecule has 0 saturated carbocycles. The van der Waals surface area contributed by atoms with Gasteiger partial charge in [-0.2, -0.15) is 0 Å². The molecule has 158 valence electrons. The third kappa shape index (κ3) is 4.86. The summed E-state index contributed by atoms with van der Waals surface area (Å²) in [5.74, 6) is 0.775. The summed E-state index contributed by atoms with van der Waals surface area (Å²) in [6.07, 6.45) is 1.64. The fourth-order valence-electron chi connectivity index (χ4n) is 3.68. The highest BCUT2D eigenvalue weighted by atomic mass is 32.1. The number of aromatic amines is 1. The lowest BCUT2D eigenvalue weighted by atomic mass is 10.1. The maximum Gasteiger partial charge on any atom is 0.253 e. The van der Waals surface area contributed by atoms with E-state index in [0.29, 0.717) is 23.8 Å². The average molecular weight is 432 g/mol. The van der Waals surface area contributed by atoms with Crippen LogP contribution in [0, 0.1) is 20.8 Å². The van der Waals surface area contributed by atoms with Crippen LogP contribution in [0.3, 0.4) is 0 Å². The highest BCUT2D eigenvalue weighted by Gasteiger charge is 2.16. The Morgan fingerprint density at radius 2 is 1.81 bits per heavy atom. The summed E-state index contributed by atoms with van der Waals surface area (Å²) < 4.78 is 5.53. The lowest BCUT2D eigenvalue weighted by Gasteiger charge is -2.25. The van der Waals surface area contributed by atoms with Gasteiger partial charge in [-0.15, -0.1) is 0 Å². The second-order valence-corrected chi connectivity index (χ2v) is 8.29. The fourth-order valence-corrected chi connectivity index (χ4v) is 3.93. The van der Waals surface area contributed by atoms with Gasteiger partial charge >= 0.3 is 0 Å². The SMILES string of the molecule is Cc1ccc(NC(=S)N(Cc2ccco2)Cc2cc3cc(C)cc(C)c3[nH]c2=O)cc1. The quantitative estimate of drug-likeness (QED) is 0.412. The first kappa shape index (κ1) is 20.9. The molecule has 0 radical (unpaired) electrons. The van der Waals surface area contributed by atoms with E-state index in [-0.39, 0.29) is 5.56 Å². The zero-order chi connectivity index (χ0) is 22.0. The van der Waals surface area contributed by atoms with Crippen molar-refractivity contribution in [1.82, 2.24) is 9.88 Å². The second kappa shape index (κ2) is 8.78. The molecule has 2 aromatic heterocycles. The molecule has 0 bridgehead atoms. The predicted octanol–water partition coefficient (Wildman–Crippen LogP) is 5.45. The first-order valence-electron chi connectivity index (χ1n) is 10.2. The van der Waals surface area contributed by atoms with Crippen LogP contribution in [-0.2, 0) is 13.1 Å². The van der Waals surface area contributed by atoms with Crippen LogP contribution >= 0.6 is 12.2 Å². The number of nitrogens with one attached hydrogen (secondary N) is 2. The van der Waals surface area contributed by atoms with Crippen LogP contribution in [0.1, 0.15) is 28.0 Å². The number of hydrogen-bond acceptors (Lipinski definition) is 3. The lowest BCUT2D eigenvalue weighted by molar-refractivity contribution is 0.359. The van der Waals surface area contributed by atoms with E-state index in [4.69, 9.17) is 16.6 Å². The number of nitrogens with zero attached hydrogens (tertiary/aromatic N) is 1. The lowest BCUT2D eigenvalue weighted by Crippen LogP contribution is -2.35. The number of hydrogen-bond donors (Lipinski definition) is 2. The Balaban J connectivity index is 1.65. The molecule has 0 amide bonds. The van der Waals surface area contributed by atoms with Gasteiger partial charge in [0.05, 0.1) is 24.9 Å². The summed E-state index contributed by atoms with van der Waals surface area (Å²) >= 11 is 5.70. The van der Waals surface area contributed by atoms with E-state index in [1.54, 1.807) is 6.26 Å². The number of anilines is 1. The van der Waals surface area contributed by atoms with E-state index in [2.05, 4.69) is 29.4 Å². The van der Waals surface area contributed by atoms with Crippen LogP contribution in [0.25, 0.3) is 10.9 Å². The zero-order valence-corrected chi connectivity index (χ0v) is 18.7. The number of H-pyrrole nitrogens is 1. The monoisotopic (exact) mass is 431 g/mol. The van der Waals surface area contributed by atoms with Crippen molar-refractivity contribution in [3.8, 4) is 0 Å². The molecule has 0 fully saturated rings. The van der Waals surface area contributed by atoms with Crippen molar-refractivity contribution in [3.05, 3.63) is 99.2 Å². The predicted molar refractivity (Wildman–Crippen MR) is 129 cm³/mol. The van der Waals surface area contributed by atoms with Crippen LogP contribution in [-0.4, -0.2) is 15.0 Å². The number of thiocarbonyl (C=S) groups is 1. The van der Waals surface area contributed by atoms with E-state index in [9.17, 15) is 4.79 Å². The number of aryl methyl sites for hydroxylation is 3. The summed E-state index contributed by atoms with van der Waals surface area (Å²) in [6.45, 7) is 6.92. The molecule has 0 aliphatic heterocycles. The van der Waals surface area contributed by atoms with Gasteiger partial charge in [0.1, 0.15) is 5.76 Å². The molecular formula is C25H25N3O2S. The van der Waals surface area contributed by atoms with Gasteiger partial charge in [-0.05, 0) is 80.3 Å². The smallest absolute Gasteiger partial charge is 0.253 e. The molecule has 0 aliphatic carbocycles. The van der Waals surface area contributed by atoms with Gasteiger partial charge in [0.2, 0.25) is 0 Å². The van der Waals surface area contributed by atoms with Crippen molar-refractivity contribution in [1.29, 1.82) is 0 Å². The van der Waals surface area contributed by atoms with Gasteiger partial charge in [-0.3, -0.25) is 4.79 Å². The maximum atomic E-state index is 12.9. The van der Waals surface area contributed by atoms with Crippen molar-refractivity contribution in [2.24, 2.45) is 0 Å². The Kier molecular flexibility index (Phi) is 5.91. The van der Waals surface area contributed by atoms with Gasteiger partial charge in [0, 0.05) is 11.3 Å². The highest BCUT2D eigenvalue weighted by Crippen LogP contribution is 2.20. The molecule has 0 saturated heterocycles. The molecule has 0 spiro atoms. The van der Waals surface area contributed by atoms with Crippen LogP contribution in [0.5, 0.6) is 0 Å². The number of furan rings is 1. The number of rotatable bonds is 5. The summed E-state index contributed by atoms with van der Waals surface area (Å²) in [7, 11) is 0. The Labute approximate surface area is 186 Å². The number of aromatic nitrogens is 1. The third-order valence-electron chi connectivity index (χ3n) is 5.25. The molecular weight excluding hydrogens is 406 g/mol. The topological polar surface area (TPSA) is 61.3 Å². The third-order valence-corrected chi connectivity index (χ3v) is 5.61. The zero-order valence-electron chi connectivity index (χ0n) is 17.9. The normalized spacial score (nSPS) is 10.9. The van der Waals surface area contributed by atoms with Gasteiger partial charge in [0.25, 0.3) is 5.56 Å². The number of fused-ring (bicyclic) bond motifs is 1. The molecule has 2 heterocycles. The van der Waals surface area contributed by atoms with Gasteiger partial charge in [-0.1, -0.05) is 29.3 Å². The number of benzene rings is 2. The summed E-state index contributed by atoms with van der Waals surface area (Å²) in [5.41, 5.74) is 5.71. The van der Waals surface area contributed by atoms with Crippen molar-refractivity contribution in [2.45, 2.75) is 33.9 Å². The van der Waals surface area contributed by atoms with Gasteiger partial charge < -0.3 is 19.6 Å². The van der Waals surface area contributed by atoms with Crippen molar-refractivity contribution in [2.75, 3.05) is 5.32 Å². The van der Waals surface area contributed by atoms with Gasteiger partial charge in [0.15, 0.2) is 5.11 Å². The van der Waals surface area contributed by atoms with E-state index in [0.717, 1.165) is 33.5 Å². The maximum absolute atomic E-state index is 12.9. The Morgan fingerprint density at radius 3 is 2.52 bits per heavy atom. The van der Waals surface area contributed by atoms with Crippen LogP contribution in [0.4, 0.5) is 5.69 Å². The van der Waals surface area contributed by atoms with Crippen LogP contribution < -0.4 is 10.9 Å². The molecule has 4 rings (SSSR count). The molecule has 6 heteroatoms. The van der Waals surface area contributed by atoms with Crippen LogP contribution in [0.2, 0.25) is 0 Å². The molecule has 0 unspecified atom stereocenters. The minimum atomic E-state index is -0.109. The van der Waals surface area contributed by atoms with E-state index < -0.39 is 0 Å². The van der Waals surface area contributed by atoms with Crippen molar-refractivity contribution < 1.29 is 4.42 Å². The van der Waals surface area contributed by atoms with E-state index >= 15 is 0 Å². The number of pyridine rings is 1. The largest absolute Gasteiger partial charge is 0.467 e. The van der Waals surface area contributed by atoms with Gasteiger partial charge in [-0.25, -0.2) is 0 Å². The second-order valence-electron chi connectivity index (χ2n) is 7.90. The molecule has 4 aromatic rings. The molecule has 2 aromatic carbocycles. The molecule has 5 nitrogen and oxygen atoms in total. The first-order valence-corrected chi connectivity index (χ1v) is 10.6. The summed E-state index contributed by atoms with van der Waals surface area (Å²) in [4.78, 5) is 17.8. The molecule has 0 atom stereocenters. The standard InChI is InChI=1S/C25H25N3O2S/c1-16-6-8-21(9-7-16)26-25(31)28(15-22-5-4-10-30-22)14-20-13-19-12-17(2)11-18(3)23(19)27-24(20)29/h4-13H,14-15H2,1-3H3,(H,26,31)(H,27,29). The minimum Gasteiger partial charge on any atom is -0.467 e. The van der Waals surface area contributed by atoms with E-state index in [1.807, 2.05) is 61.2 Å². The highest BCUT2D eigenvalue weighted by molar-refractivity contribution is 7.80. The van der Waals surface area contributed by atoms with E-state index in [1.165, 1.54) is 5.56 Å². The molecule has 0 aliphatic rings. The molecule has 2 N–H and O–H groups in total. The van der Waals surface area contributed by atoms with Crippen molar-refractivity contribution >= 4 is 33.9 Å². The Hall–Kier alpha value is -3.38.